The molecule has 1 aliphatic carbocycles. The van der Waals surface area contributed by atoms with Crippen molar-refractivity contribution in [2.75, 3.05) is 13.7 Å². The molecule has 1 aliphatic rings. The van der Waals surface area contributed by atoms with Gasteiger partial charge in [0.15, 0.2) is 0 Å². The van der Waals surface area contributed by atoms with E-state index < -0.39 is 0 Å². The highest BCUT2D eigenvalue weighted by Crippen LogP contribution is 2.31. The van der Waals surface area contributed by atoms with E-state index in [-0.39, 0.29) is 5.91 Å². The summed E-state index contributed by atoms with van der Waals surface area (Å²) in [5.74, 6) is 0.722. The highest BCUT2D eigenvalue weighted by molar-refractivity contribution is 9.10. The third-order valence-corrected chi connectivity index (χ3v) is 3.60. The van der Waals surface area contributed by atoms with E-state index in [1.165, 1.54) is 0 Å². The number of hydrogen-bond donors (Lipinski definition) is 0. The molecule has 0 saturated heterocycles. The molecule has 1 fully saturated rings. The van der Waals surface area contributed by atoms with E-state index in [1.54, 1.807) is 7.11 Å². The summed E-state index contributed by atoms with van der Waals surface area (Å²) in [4.78, 5) is 14.5. The second-order valence-electron chi connectivity index (χ2n) is 4.57. The van der Waals surface area contributed by atoms with Gasteiger partial charge >= 0.3 is 0 Å². The van der Waals surface area contributed by atoms with Gasteiger partial charge in [-0.2, -0.15) is 0 Å². The van der Waals surface area contributed by atoms with Crippen molar-refractivity contribution in [2.24, 2.45) is 0 Å². The Labute approximate surface area is 116 Å². The molecule has 0 N–H and O–H groups in total. The average Bonchev–Trinajstić information content (AvgIpc) is 3.19. The Morgan fingerprint density at radius 3 is 2.78 bits per heavy atom. The van der Waals surface area contributed by atoms with Crippen LogP contribution in [-0.4, -0.2) is 30.5 Å². The lowest BCUT2D eigenvalue weighted by Gasteiger charge is -2.22. The number of rotatable bonds is 5. The topological polar surface area (TPSA) is 29.5 Å². The van der Waals surface area contributed by atoms with Gasteiger partial charge < -0.3 is 9.64 Å². The zero-order chi connectivity index (χ0) is 13.1. The SMILES string of the molecule is CCCN(C(=O)c1ccc(Br)cc1OC)C1CC1. The Bertz CT molecular complexity index is 443. The van der Waals surface area contributed by atoms with Crippen LogP contribution < -0.4 is 4.74 Å². The fourth-order valence-electron chi connectivity index (χ4n) is 2.07. The molecule has 1 aromatic rings. The molecule has 0 radical (unpaired) electrons. The van der Waals surface area contributed by atoms with E-state index in [1.807, 2.05) is 23.1 Å². The summed E-state index contributed by atoms with van der Waals surface area (Å²) in [7, 11) is 1.60. The first-order valence-corrected chi connectivity index (χ1v) is 7.11. The van der Waals surface area contributed by atoms with Crippen LogP contribution in [0.1, 0.15) is 36.5 Å². The maximum atomic E-state index is 12.5. The largest absolute Gasteiger partial charge is 0.496 e. The van der Waals surface area contributed by atoms with Crippen molar-refractivity contribution >= 4 is 21.8 Å². The van der Waals surface area contributed by atoms with Crippen LogP contribution in [0.25, 0.3) is 0 Å². The molecule has 4 heteroatoms. The van der Waals surface area contributed by atoms with Gasteiger partial charge in [-0.3, -0.25) is 4.79 Å². The van der Waals surface area contributed by atoms with Crippen molar-refractivity contribution in [1.82, 2.24) is 4.90 Å². The van der Waals surface area contributed by atoms with E-state index in [0.717, 1.165) is 30.3 Å². The second-order valence-corrected chi connectivity index (χ2v) is 5.49. The average molecular weight is 312 g/mol. The second kappa shape index (κ2) is 5.74. The molecule has 1 saturated carbocycles. The molecule has 0 aromatic heterocycles. The van der Waals surface area contributed by atoms with Crippen LogP contribution >= 0.6 is 15.9 Å². The van der Waals surface area contributed by atoms with Gasteiger partial charge in [-0.15, -0.1) is 0 Å². The van der Waals surface area contributed by atoms with Crippen LogP contribution in [-0.2, 0) is 0 Å². The first-order valence-electron chi connectivity index (χ1n) is 6.32. The molecule has 2 rings (SSSR count). The van der Waals surface area contributed by atoms with Gasteiger partial charge in [0.25, 0.3) is 5.91 Å². The van der Waals surface area contributed by atoms with Crippen molar-refractivity contribution in [3.05, 3.63) is 28.2 Å². The summed E-state index contributed by atoms with van der Waals surface area (Å²) in [6.07, 6.45) is 3.25. The fraction of sp³-hybridized carbons (Fsp3) is 0.500. The van der Waals surface area contributed by atoms with E-state index in [9.17, 15) is 4.79 Å². The van der Waals surface area contributed by atoms with Crippen LogP contribution in [0.5, 0.6) is 5.75 Å². The number of ether oxygens (including phenoxy) is 1. The van der Waals surface area contributed by atoms with Gasteiger partial charge in [-0.05, 0) is 37.5 Å². The van der Waals surface area contributed by atoms with Gasteiger partial charge in [0, 0.05) is 17.1 Å². The number of hydrogen-bond acceptors (Lipinski definition) is 2. The van der Waals surface area contributed by atoms with Gasteiger partial charge in [0.1, 0.15) is 5.75 Å². The number of methoxy groups -OCH3 is 1. The molecule has 1 amide bonds. The highest BCUT2D eigenvalue weighted by Gasteiger charge is 2.33. The molecule has 3 nitrogen and oxygen atoms in total. The Hall–Kier alpha value is -1.03. The van der Waals surface area contributed by atoms with E-state index >= 15 is 0 Å². The summed E-state index contributed by atoms with van der Waals surface area (Å²) < 4.78 is 6.22. The Morgan fingerprint density at radius 1 is 1.50 bits per heavy atom. The van der Waals surface area contributed by atoms with Gasteiger partial charge in [0.2, 0.25) is 0 Å². The number of carbonyl (C=O) groups is 1. The van der Waals surface area contributed by atoms with E-state index in [2.05, 4.69) is 22.9 Å². The molecule has 18 heavy (non-hydrogen) atoms. The molecule has 1 aromatic carbocycles. The van der Waals surface area contributed by atoms with E-state index in [4.69, 9.17) is 4.74 Å². The molecule has 0 heterocycles. The number of nitrogens with zero attached hydrogens (tertiary/aromatic N) is 1. The van der Waals surface area contributed by atoms with Gasteiger partial charge in [-0.25, -0.2) is 0 Å². The zero-order valence-electron chi connectivity index (χ0n) is 10.8. The molecule has 0 atom stereocenters. The summed E-state index contributed by atoms with van der Waals surface area (Å²) in [6, 6.07) is 5.98. The van der Waals surface area contributed by atoms with Crippen molar-refractivity contribution in [3.63, 3.8) is 0 Å². The molecule has 0 aliphatic heterocycles. The van der Waals surface area contributed by atoms with Crippen LogP contribution in [0, 0.1) is 0 Å². The Morgan fingerprint density at radius 2 is 2.22 bits per heavy atom. The van der Waals surface area contributed by atoms with Crippen molar-refractivity contribution < 1.29 is 9.53 Å². The van der Waals surface area contributed by atoms with Crippen molar-refractivity contribution in [1.29, 1.82) is 0 Å². The minimum absolute atomic E-state index is 0.0868. The predicted octanol–water partition coefficient (Wildman–Crippen LogP) is 3.47. The first-order chi connectivity index (χ1) is 8.67. The third-order valence-electron chi connectivity index (χ3n) is 3.11. The number of halogens is 1. The minimum Gasteiger partial charge on any atom is -0.496 e. The fourth-order valence-corrected chi connectivity index (χ4v) is 2.41. The Balaban J connectivity index is 2.26. The lowest BCUT2D eigenvalue weighted by molar-refractivity contribution is 0.0739. The molecule has 0 spiro atoms. The van der Waals surface area contributed by atoms with Crippen LogP contribution in [0.15, 0.2) is 22.7 Å². The van der Waals surface area contributed by atoms with Crippen molar-refractivity contribution in [3.8, 4) is 5.75 Å². The standard InChI is InChI=1S/C14H18BrNO2/c1-3-8-16(11-5-6-11)14(17)12-7-4-10(15)9-13(12)18-2/h4,7,9,11H,3,5-6,8H2,1-2H3. The summed E-state index contributed by atoms with van der Waals surface area (Å²) in [6.45, 7) is 2.92. The minimum atomic E-state index is 0.0868. The molecular weight excluding hydrogens is 294 g/mol. The van der Waals surface area contributed by atoms with Crippen LogP contribution in [0.3, 0.4) is 0 Å². The molecular formula is C14H18BrNO2. The summed E-state index contributed by atoms with van der Waals surface area (Å²) in [5, 5.41) is 0. The number of benzene rings is 1. The molecule has 98 valence electrons. The predicted molar refractivity (Wildman–Crippen MR) is 75.0 cm³/mol. The molecule has 0 unspecified atom stereocenters. The lowest BCUT2D eigenvalue weighted by atomic mass is 10.1. The maximum absolute atomic E-state index is 12.5. The Kier molecular flexibility index (Phi) is 4.27. The zero-order valence-corrected chi connectivity index (χ0v) is 12.4. The first kappa shape index (κ1) is 13.4. The lowest BCUT2D eigenvalue weighted by Crippen LogP contribution is -2.34. The van der Waals surface area contributed by atoms with Gasteiger partial charge in [0.05, 0.1) is 12.7 Å². The number of amides is 1. The third kappa shape index (κ3) is 2.86. The van der Waals surface area contributed by atoms with Crippen molar-refractivity contribution in [2.45, 2.75) is 32.2 Å². The summed E-state index contributed by atoms with van der Waals surface area (Å²) in [5.41, 5.74) is 0.654. The van der Waals surface area contributed by atoms with Gasteiger partial charge in [-0.1, -0.05) is 22.9 Å². The smallest absolute Gasteiger partial charge is 0.257 e. The van der Waals surface area contributed by atoms with E-state index in [0.29, 0.717) is 17.4 Å². The highest BCUT2D eigenvalue weighted by atomic mass is 79.9. The monoisotopic (exact) mass is 311 g/mol. The molecule has 0 bridgehead atoms. The maximum Gasteiger partial charge on any atom is 0.257 e. The normalized spacial score (nSPS) is 14.4. The van der Waals surface area contributed by atoms with Crippen LogP contribution in [0.4, 0.5) is 0 Å². The summed E-state index contributed by atoms with van der Waals surface area (Å²) >= 11 is 3.39. The quantitative estimate of drug-likeness (QED) is 0.833. The number of carbonyl (C=O) groups excluding carboxylic acids is 1. The van der Waals surface area contributed by atoms with Crippen LogP contribution in [0.2, 0.25) is 0 Å².